The van der Waals surface area contributed by atoms with E-state index in [2.05, 4.69) is 20.1 Å². The number of sulfonamides is 1. The zero-order valence-electron chi connectivity index (χ0n) is 19.4. The van der Waals surface area contributed by atoms with E-state index in [1.54, 1.807) is 25.1 Å². The number of hydrogen-bond donors (Lipinski definition) is 3. The molecule has 34 heavy (non-hydrogen) atoms. The van der Waals surface area contributed by atoms with E-state index in [0.29, 0.717) is 36.9 Å². The Morgan fingerprint density at radius 2 is 1.71 bits per heavy atom. The van der Waals surface area contributed by atoms with Gasteiger partial charge in [0.25, 0.3) is 0 Å². The molecule has 184 valence electrons. The summed E-state index contributed by atoms with van der Waals surface area (Å²) in [6.45, 7) is 3.59. The summed E-state index contributed by atoms with van der Waals surface area (Å²) in [5.41, 5.74) is 1.87. The number of amides is 2. The highest BCUT2D eigenvalue weighted by Gasteiger charge is 2.30. The van der Waals surface area contributed by atoms with Gasteiger partial charge in [0.15, 0.2) is 0 Å². The van der Waals surface area contributed by atoms with Gasteiger partial charge in [-0.2, -0.15) is 0 Å². The van der Waals surface area contributed by atoms with Crippen LogP contribution in [0.3, 0.4) is 0 Å². The largest absolute Gasteiger partial charge is 0.453 e. The molecular formula is C24H30FN3O5S. The summed E-state index contributed by atoms with van der Waals surface area (Å²) in [4.78, 5) is 24.2. The summed E-state index contributed by atoms with van der Waals surface area (Å²) in [5, 5.41) is 5.47. The van der Waals surface area contributed by atoms with Crippen LogP contribution < -0.4 is 15.4 Å². The molecule has 2 amide bonds. The van der Waals surface area contributed by atoms with E-state index in [9.17, 15) is 22.4 Å². The van der Waals surface area contributed by atoms with Crippen LogP contribution in [0.25, 0.3) is 0 Å². The first-order valence-corrected chi connectivity index (χ1v) is 12.6. The van der Waals surface area contributed by atoms with Gasteiger partial charge >= 0.3 is 6.09 Å². The maximum Gasteiger partial charge on any atom is 0.411 e. The van der Waals surface area contributed by atoms with Crippen LogP contribution in [-0.2, 0) is 19.6 Å². The SMILES string of the molecule is COC(=O)Nc1cc(S(=O)(=O)NC2CCC(C(=O)NC(C)c3ccc(F)cc3)CC2)ccc1C. The van der Waals surface area contributed by atoms with Gasteiger partial charge in [0.1, 0.15) is 5.82 Å². The van der Waals surface area contributed by atoms with Crippen molar-refractivity contribution in [3.05, 3.63) is 59.4 Å². The first-order valence-electron chi connectivity index (χ1n) is 11.1. The third kappa shape index (κ3) is 6.54. The van der Waals surface area contributed by atoms with Crippen molar-refractivity contribution in [2.75, 3.05) is 12.4 Å². The average molecular weight is 492 g/mol. The molecule has 10 heteroatoms. The zero-order valence-corrected chi connectivity index (χ0v) is 20.2. The van der Waals surface area contributed by atoms with Gasteiger partial charge in [0.2, 0.25) is 15.9 Å². The molecule has 0 aromatic heterocycles. The van der Waals surface area contributed by atoms with Gasteiger partial charge in [0.05, 0.1) is 18.0 Å². The Morgan fingerprint density at radius 3 is 2.32 bits per heavy atom. The highest BCUT2D eigenvalue weighted by molar-refractivity contribution is 7.89. The van der Waals surface area contributed by atoms with Crippen molar-refractivity contribution < 1.29 is 27.1 Å². The van der Waals surface area contributed by atoms with Crippen LogP contribution in [-0.4, -0.2) is 33.6 Å². The predicted octanol–water partition coefficient (Wildman–Crippen LogP) is 4.03. The fourth-order valence-corrected chi connectivity index (χ4v) is 5.32. The van der Waals surface area contributed by atoms with E-state index < -0.39 is 16.1 Å². The van der Waals surface area contributed by atoms with Crippen LogP contribution >= 0.6 is 0 Å². The normalized spacial score (nSPS) is 19.2. The molecule has 3 rings (SSSR count). The Hall–Kier alpha value is -2.98. The lowest BCUT2D eigenvalue weighted by Crippen LogP contribution is -2.41. The predicted molar refractivity (Wildman–Crippen MR) is 126 cm³/mol. The van der Waals surface area contributed by atoms with Crippen molar-refractivity contribution in [2.45, 2.75) is 56.5 Å². The van der Waals surface area contributed by atoms with Crippen LogP contribution in [0.1, 0.15) is 49.8 Å². The molecule has 1 aliphatic carbocycles. The molecule has 0 radical (unpaired) electrons. The third-order valence-electron chi connectivity index (χ3n) is 6.09. The maximum absolute atomic E-state index is 13.1. The van der Waals surface area contributed by atoms with Gasteiger partial charge in [-0.3, -0.25) is 10.1 Å². The van der Waals surface area contributed by atoms with Gasteiger partial charge in [-0.15, -0.1) is 0 Å². The molecular weight excluding hydrogens is 461 g/mol. The number of carbonyl (C=O) groups excluding carboxylic acids is 2. The van der Waals surface area contributed by atoms with E-state index in [1.807, 2.05) is 6.92 Å². The lowest BCUT2D eigenvalue weighted by Gasteiger charge is -2.29. The van der Waals surface area contributed by atoms with Crippen LogP contribution in [0.4, 0.5) is 14.9 Å². The van der Waals surface area contributed by atoms with Crippen LogP contribution in [0, 0.1) is 18.7 Å². The van der Waals surface area contributed by atoms with Crippen molar-refractivity contribution in [3.63, 3.8) is 0 Å². The number of ether oxygens (including phenoxy) is 1. The molecule has 1 atom stereocenters. The number of hydrogen-bond acceptors (Lipinski definition) is 5. The molecule has 2 aromatic rings. The van der Waals surface area contributed by atoms with E-state index in [1.165, 1.54) is 31.4 Å². The minimum absolute atomic E-state index is 0.0393. The van der Waals surface area contributed by atoms with E-state index in [4.69, 9.17) is 0 Å². The van der Waals surface area contributed by atoms with Crippen molar-refractivity contribution in [1.82, 2.24) is 10.0 Å². The average Bonchev–Trinajstić information content (AvgIpc) is 2.80. The van der Waals surface area contributed by atoms with Crippen molar-refractivity contribution in [2.24, 2.45) is 5.92 Å². The molecule has 0 spiro atoms. The monoisotopic (exact) mass is 491 g/mol. The second kappa shape index (κ2) is 11.0. The molecule has 0 heterocycles. The van der Waals surface area contributed by atoms with E-state index >= 15 is 0 Å². The third-order valence-corrected chi connectivity index (χ3v) is 7.61. The number of carbonyl (C=O) groups is 2. The summed E-state index contributed by atoms with van der Waals surface area (Å²) in [6, 6.07) is 9.95. The number of methoxy groups -OCH3 is 1. The zero-order chi connectivity index (χ0) is 24.9. The lowest BCUT2D eigenvalue weighted by atomic mass is 9.85. The lowest BCUT2D eigenvalue weighted by molar-refractivity contribution is -0.126. The Morgan fingerprint density at radius 1 is 1.06 bits per heavy atom. The number of rotatable bonds is 7. The minimum Gasteiger partial charge on any atom is -0.453 e. The van der Waals surface area contributed by atoms with E-state index in [0.717, 1.165) is 5.56 Å². The minimum atomic E-state index is -3.81. The molecule has 2 aromatic carbocycles. The number of anilines is 1. The molecule has 1 aliphatic rings. The highest BCUT2D eigenvalue weighted by Crippen LogP contribution is 2.27. The van der Waals surface area contributed by atoms with Crippen molar-refractivity contribution >= 4 is 27.7 Å². The Balaban J connectivity index is 1.56. The summed E-state index contributed by atoms with van der Waals surface area (Å²) in [5.74, 6) is -0.626. The molecule has 0 saturated heterocycles. The van der Waals surface area contributed by atoms with Crippen LogP contribution in [0.2, 0.25) is 0 Å². The van der Waals surface area contributed by atoms with Crippen molar-refractivity contribution in [1.29, 1.82) is 0 Å². The molecule has 1 unspecified atom stereocenters. The van der Waals surface area contributed by atoms with Gasteiger partial charge in [0, 0.05) is 17.6 Å². The molecule has 1 fully saturated rings. The standard InChI is InChI=1S/C24H30FN3O5S/c1-15-4-13-21(14-22(15)27-24(30)33-3)34(31,32)28-20-11-7-18(8-12-20)23(29)26-16(2)17-5-9-19(25)10-6-17/h4-6,9-10,13-14,16,18,20,28H,7-8,11-12H2,1-3H3,(H,26,29)(H,27,30). The highest BCUT2D eigenvalue weighted by atomic mass is 32.2. The second-order valence-electron chi connectivity index (χ2n) is 8.54. The summed E-state index contributed by atoms with van der Waals surface area (Å²) in [7, 11) is -2.58. The number of nitrogens with one attached hydrogen (secondary N) is 3. The fraction of sp³-hybridized carbons (Fsp3) is 0.417. The van der Waals surface area contributed by atoms with Crippen LogP contribution in [0.5, 0.6) is 0 Å². The molecule has 8 nitrogen and oxygen atoms in total. The fourth-order valence-electron chi connectivity index (χ4n) is 3.99. The summed E-state index contributed by atoms with van der Waals surface area (Å²) < 4.78 is 46.2. The Kier molecular flexibility index (Phi) is 8.27. The smallest absolute Gasteiger partial charge is 0.411 e. The van der Waals surface area contributed by atoms with Crippen LogP contribution in [0.15, 0.2) is 47.4 Å². The quantitative estimate of drug-likeness (QED) is 0.541. The van der Waals surface area contributed by atoms with Gasteiger partial charge in [-0.05, 0) is 74.9 Å². The number of halogens is 1. The Bertz CT molecular complexity index is 1130. The van der Waals surface area contributed by atoms with Gasteiger partial charge in [-0.1, -0.05) is 18.2 Å². The molecule has 0 aliphatic heterocycles. The van der Waals surface area contributed by atoms with E-state index in [-0.39, 0.29) is 34.6 Å². The molecule has 3 N–H and O–H groups in total. The number of aryl methyl sites for hydroxylation is 1. The molecule has 0 bridgehead atoms. The topological polar surface area (TPSA) is 114 Å². The number of benzene rings is 2. The first kappa shape index (κ1) is 25.6. The molecule has 1 saturated carbocycles. The first-order chi connectivity index (χ1) is 16.1. The Labute approximate surface area is 199 Å². The second-order valence-corrected chi connectivity index (χ2v) is 10.3. The maximum atomic E-state index is 13.1. The summed E-state index contributed by atoms with van der Waals surface area (Å²) >= 11 is 0. The van der Waals surface area contributed by atoms with Gasteiger partial charge in [-0.25, -0.2) is 22.3 Å². The van der Waals surface area contributed by atoms with Crippen molar-refractivity contribution in [3.8, 4) is 0 Å². The summed E-state index contributed by atoms with van der Waals surface area (Å²) in [6.07, 6.45) is 1.48. The van der Waals surface area contributed by atoms with Gasteiger partial charge < -0.3 is 10.1 Å².